The van der Waals surface area contributed by atoms with Crippen LogP contribution < -0.4 is 4.65 Å². The molecule has 0 heterocycles. The fraction of sp³-hybridized carbons (Fsp3) is 0.333. The molecule has 0 amide bonds. The van der Waals surface area contributed by atoms with Crippen molar-refractivity contribution in [3.8, 4) is 11.5 Å². The topological polar surface area (TPSA) is 49.7 Å². The van der Waals surface area contributed by atoms with Crippen molar-refractivity contribution in [1.29, 1.82) is 0 Å². The van der Waals surface area contributed by atoms with Gasteiger partial charge in [0.2, 0.25) is 0 Å². The van der Waals surface area contributed by atoms with Gasteiger partial charge in [0.15, 0.2) is 5.75 Å². The monoisotopic (exact) mass is 220 g/mol. The van der Waals surface area contributed by atoms with Crippen molar-refractivity contribution in [1.82, 2.24) is 0 Å². The van der Waals surface area contributed by atoms with E-state index in [1.807, 2.05) is 19.9 Å². The molecule has 1 aromatic carbocycles. The fourth-order valence-electron chi connectivity index (χ4n) is 1.43. The Bertz CT molecular complexity index is 363. The Balaban J connectivity index is 2.74. The van der Waals surface area contributed by atoms with Gasteiger partial charge in [-0.15, -0.1) is 0 Å². The minimum atomic E-state index is -0.988. The maximum absolute atomic E-state index is 9.82. The third-order valence-electron chi connectivity index (χ3n) is 2.30. The van der Waals surface area contributed by atoms with E-state index in [1.54, 1.807) is 18.2 Å². The summed E-state index contributed by atoms with van der Waals surface area (Å²) in [6.07, 6.45) is 3.51. The molecule has 0 saturated heterocycles. The maximum atomic E-state index is 9.82. The predicted octanol–water partition coefficient (Wildman–Crippen LogP) is 2.54. The van der Waals surface area contributed by atoms with Crippen molar-refractivity contribution < 1.29 is 14.8 Å². The zero-order chi connectivity index (χ0) is 12.0. The van der Waals surface area contributed by atoms with Gasteiger partial charge in [-0.2, -0.15) is 0 Å². The first-order valence-electron chi connectivity index (χ1n) is 5.50. The Morgan fingerprint density at radius 3 is 2.62 bits per heavy atom. The number of allylic oxidation sites excluding steroid dienone is 2. The summed E-state index contributed by atoms with van der Waals surface area (Å²) >= 11 is 0. The molecule has 0 atom stereocenters. The van der Waals surface area contributed by atoms with Gasteiger partial charge in [-0.3, -0.25) is 0 Å². The molecule has 0 radical (unpaired) electrons. The third-order valence-corrected chi connectivity index (χ3v) is 2.30. The molecule has 0 spiro atoms. The molecule has 0 aliphatic carbocycles. The first-order chi connectivity index (χ1) is 7.69. The van der Waals surface area contributed by atoms with Gasteiger partial charge in [-0.1, -0.05) is 32.1 Å². The van der Waals surface area contributed by atoms with E-state index in [9.17, 15) is 10.1 Å². The average molecular weight is 220 g/mol. The SMILES string of the molecule is CCC=C(CC)B(O)Oc1ccccc1O. The van der Waals surface area contributed by atoms with E-state index in [-0.39, 0.29) is 5.75 Å². The molecular formula is C12H17BO3. The first-order valence-corrected chi connectivity index (χ1v) is 5.50. The van der Waals surface area contributed by atoms with Crippen LogP contribution in [-0.2, 0) is 0 Å². The van der Waals surface area contributed by atoms with Crippen LogP contribution in [0.3, 0.4) is 0 Å². The lowest BCUT2D eigenvalue weighted by Crippen LogP contribution is -2.24. The lowest BCUT2D eigenvalue weighted by atomic mass is 9.76. The maximum Gasteiger partial charge on any atom is 0.555 e. The summed E-state index contributed by atoms with van der Waals surface area (Å²) in [6, 6.07) is 6.60. The van der Waals surface area contributed by atoms with Crippen LogP contribution in [0.2, 0.25) is 0 Å². The van der Waals surface area contributed by atoms with Gasteiger partial charge in [0, 0.05) is 0 Å². The molecule has 86 valence electrons. The van der Waals surface area contributed by atoms with Crippen molar-refractivity contribution in [2.75, 3.05) is 0 Å². The molecule has 0 unspecified atom stereocenters. The lowest BCUT2D eigenvalue weighted by molar-refractivity contribution is 0.393. The Kier molecular flexibility index (Phi) is 4.93. The first kappa shape index (κ1) is 12.7. The van der Waals surface area contributed by atoms with Gasteiger partial charge in [0.1, 0.15) is 5.75 Å². The number of rotatable bonds is 5. The highest BCUT2D eigenvalue weighted by molar-refractivity contribution is 6.53. The number of hydrogen-bond donors (Lipinski definition) is 2. The van der Waals surface area contributed by atoms with E-state index in [1.165, 1.54) is 6.07 Å². The second-order valence-corrected chi connectivity index (χ2v) is 3.48. The molecule has 0 aliphatic rings. The summed E-state index contributed by atoms with van der Waals surface area (Å²) in [5, 5.41) is 19.3. The van der Waals surface area contributed by atoms with Crippen LogP contribution in [0.4, 0.5) is 0 Å². The van der Waals surface area contributed by atoms with E-state index in [4.69, 9.17) is 4.65 Å². The molecule has 2 N–H and O–H groups in total. The molecule has 0 saturated carbocycles. The number of hydrogen-bond acceptors (Lipinski definition) is 3. The highest BCUT2D eigenvalue weighted by Crippen LogP contribution is 2.25. The van der Waals surface area contributed by atoms with Crippen LogP contribution in [0.25, 0.3) is 0 Å². The van der Waals surface area contributed by atoms with Gasteiger partial charge < -0.3 is 14.8 Å². The van der Waals surface area contributed by atoms with E-state index in [0.29, 0.717) is 5.75 Å². The zero-order valence-electron chi connectivity index (χ0n) is 9.68. The summed E-state index contributed by atoms with van der Waals surface area (Å²) in [5.41, 5.74) is 0.825. The minimum absolute atomic E-state index is 0.0356. The Morgan fingerprint density at radius 1 is 1.38 bits per heavy atom. The van der Waals surface area contributed by atoms with E-state index in [2.05, 4.69) is 0 Å². The Morgan fingerprint density at radius 2 is 2.06 bits per heavy atom. The molecule has 4 heteroatoms. The quantitative estimate of drug-likeness (QED) is 0.749. The van der Waals surface area contributed by atoms with Gasteiger partial charge in [-0.05, 0) is 30.4 Å². The van der Waals surface area contributed by atoms with Crippen LogP contribution in [0, 0.1) is 0 Å². The summed E-state index contributed by atoms with van der Waals surface area (Å²) in [7, 11) is -0.988. The van der Waals surface area contributed by atoms with Gasteiger partial charge >= 0.3 is 7.12 Å². The van der Waals surface area contributed by atoms with Crippen molar-refractivity contribution in [3.63, 3.8) is 0 Å². The number of para-hydroxylation sites is 2. The molecule has 0 bridgehead atoms. The smallest absolute Gasteiger partial charge is 0.530 e. The van der Waals surface area contributed by atoms with Gasteiger partial charge in [0.05, 0.1) is 0 Å². The molecule has 1 aromatic rings. The summed E-state index contributed by atoms with van der Waals surface area (Å²) in [4.78, 5) is 0. The predicted molar refractivity (Wildman–Crippen MR) is 65.4 cm³/mol. The van der Waals surface area contributed by atoms with Crippen molar-refractivity contribution in [3.05, 3.63) is 35.8 Å². The molecular weight excluding hydrogens is 203 g/mol. The van der Waals surface area contributed by atoms with Crippen LogP contribution in [0.1, 0.15) is 26.7 Å². The third kappa shape index (κ3) is 3.31. The highest BCUT2D eigenvalue weighted by atomic mass is 16.5. The van der Waals surface area contributed by atoms with Crippen LogP contribution in [0.15, 0.2) is 35.8 Å². The van der Waals surface area contributed by atoms with Crippen LogP contribution >= 0.6 is 0 Å². The minimum Gasteiger partial charge on any atom is -0.530 e. The molecule has 0 aliphatic heterocycles. The summed E-state index contributed by atoms with van der Waals surface area (Å²) < 4.78 is 5.29. The van der Waals surface area contributed by atoms with Gasteiger partial charge in [-0.25, -0.2) is 0 Å². The molecule has 0 aromatic heterocycles. The molecule has 3 nitrogen and oxygen atoms in total. The number of phenols is 1. The van der Waals surface area contributed by atoms with Crippen molar-refractivity contribution in [2.45, 2.75) is 26.7 Å². The van der Waals surface area contributed by atoms with E-state index in [0.717, 1.165) is 18.3 Å². The van der Waals surface area contributed by atoms with Gasteiger partial charge in [0.25, 0.3) is 0 Å². The fourth-order valence-corrected chi connectivity index (χ4v) is 1.43. The second kappa shape index (κ2) is 6.23. The van der Waals surface area contributed by atoms with Crippen molar-refractivity contribution >= 4 is 7.12 Å². The zero-order valence-corrected chi connectivity index (χ0v) is 9.68. The second-order valence-electron chi connectivity index (χ2n) is 3.48. The van der Waals surface area contributed by atoms with E-state index >= 15 is 0 Å². The average Bonchev–Trinajstić information content (AvgIpc) is 2.29. The number of aromatic hydroxyl groups is 1. The number of benzene rings is 1. The molecule has 1 rings (SSSR count). The molecule has 0 fully saturated rings. The molecule has 16 heavy (non-hydrogen) atoms. The van der Waals surface area contributed by atoms with Crippen LogP contribution in [-0.4, -0.2) is 17.2 Å². The standard InChI is InChI=1S/C12H17BO3/c1-3-7-10(4-2)13(15)16-12-9-6-5-8-11(12)14/h5-9,14-15H,3-4H2,1-2H3. The largest absolute Gasteiger partial charge is 0.555 e. The summed E-state index contributed by atoms with van der Waals surface area (Å²) in [5.74, 6) is 0.332. The highest BCUT2D eigenvalue weighted by Gasteiger charge is 2.21. The lowest BCUT2D eigenvalue weighted by Gasteiger charge is -2.12. The van der Waals surface area contributed by atoms with E-state index < -0.39 is 7.12 Å². The van der Waals surface area contributed by atoms with Crippen molar-refractivity contribution in [2.24, 2.45) is 0 Å². The Hall–Kier alpha value is -1.42. The number of phenolic OH excluding ortho intramolecular Hbond substituents is 1. The normalized spacial score (nSPS) is 11.3. The van der Waals surface area contributed by atoms with Crippen LogP contribution in [0.5, 0.6) is 11.5 Å². The Labute approximate surface area is 96.5 Å². The summed E-state index contributed by atoms with van der Waals surface area (Å²) in [6.45, 7) is 3.96.